The summed E-state index contributed by atoms with van der Waals surface area (Å²) in [6, 6.07) is 17.3. The summed E-state index contributed by atoms with van der Waals surface area (Å²) in [5.74, 6) is 1.02. The lowest BCUT2D eigenvalue weighted by molar-refractivity contribution is -0.124. The molecular formula is C21H27N3O2. The van der Waals surface area contributed by atoms with Gasteiger partial charge >= 0.3 is 0 Å². The largest absolute Gasteiger partial charge is 0.489 e. The molecule has 3 rings (SSSR count). The lowest BCUT2D eigenvalue weighted by Gasteiger charge is -2.36. The molecule has 138 valence electrons. The van der Waals surface area contributed by atoms with Crippen LogP contribution >= 0.6 is 0 Å². The van der Waals surface area contributed by atoms with Crippen LogP contribution in [0.3, 0.4) is 0 Å². The normalized spacial score (nSPS) is 17.0. The van der Waals surface area contributed by atoms with Gasteiger partial charge in [0, 0.05) is 0 Å². The van der Waals surface area contributed by atoms with E-state index in [9.17, 15) is 4.79 Å². The number of amides is 1. The van der Waals surface area contributed by atoms with Crippen molar-refractivity contribution in [3.8, 4) is 5.75 Å². The minimum atomic E-state index is -0.392. The van der Waals surface area contributed by atoms with Crippen LogP contribution in [-0.2, 0) is 11.4 Å². The Kier molecular flexibility index (Phi) is 6.26. The first-order chi connectivity index (χ1) is 12.7. The average Bonchev–Trinajstić information content (AvgIpc) is 2.68. The van der Waals surface area contributed by atoms with Gasteiger partial charge < -0.3 is 16.2 Å². The van der Waals surface area contributed by atoms with Crippen molar-refractivity contribution in [3.63, 3.8) is 0 Å². The van der Waals surface area contributed by atoms with Gasteiger partial charge in [0.1, 0.15) is 18.4 Å². The summed E-state index contributed by atoms with van der Waals surface area (Å²) in [6.45, 7) is 2.93. The Morgan fingerprint density at radius 3 is 2.31 bits per heavy atom. The molecular weight excluding hydrogens is 326 g/mol. The number of hydrogen-bond donors (Lipinski definition) is 2. The molecule has 1 aliphatic heterocycles. The van der Waals surface area contributed by atoms with E-state index in [1.165, 1.54) is 0 Å². The third-order valence-corrected chi connectivity index (χ3v) is 5.06. The minimum Gasteiger partial charge on any atom is -0.489 e. The van der Waals surface area contributed by atoms with Gasteiger partial charge in [0.25, 0.3) is 0 Å². The van der Waals surface area contributed by atoms with Crippen molar-refractivity contribution in [3.05, 3.63) is 65.7 Å². The number of hydrogen-bond acceptors (Lipinski definition) is 4. The number of likely N-dealkylation sites (tertiary alicyclic amines) is 1. The topological polar surface area (TPSA) is 81.6 Å². The Labute approximate surface area is 154 Å². The molecule has 2 aromatic rings. The number of rotatable bonds is 7. The van der Waals surface area contributed by atoms with Crippen LogP contribution in [0.5, 0.6) is 5.75 Å². The number of piperidine rings is 1. The quantitative estimate of drug-likeness (QED) is 0.801. The van der Waals surface area contributed by atoms with E-state index >= 15 is 0 Å². The summed E-state index contributed by atoms with van der Waals surface area (Å²) in [7, 11) is 0. The fourth-order valence-electron chi connectivity index (χ4n) is 3.49. The number of nitrogens with zero attached hydrogens (tertiary/aromatic N) is 1. The maximum atomic E-state index is 12.1. The summed E-state index contributed by atoms with van der Waals surface area (Å²) in [6.07, 6.45) is 2.02. The second-order valence-corrected chi connectivity index (χ2v) is 6.86. The first kappa shape index (κ1) is 18.4. The zero-order valence-corrected chi connectivity index (χ0v) is 15.0. The summed E-state index contributed by atoms with van der Waals surface area (Å²) in [5, 5.41) is 0. The number of ether oxygens (including phenoxy) is 1. The van der Waals surface area contributed by atoms with Crippen LogP contribution in [0.2, 0.25) is 0 Å². The zero-order valence-electron chi connectivity index (χ0n) is 15.0. The molecule has 1 atom stereocenters. The smallest absolute Gasteiger partial charge is 0.239 e. The fourth-order valence-corrected chi connectivity index (χ4v) is 3.49. The molecule has 1 saturated heterocycles. The molecule has 5 heteroatoms. The van der Waals surface area contributed by atoms with E-state index < -0.39 is 6.04 Å². The Hall–Kier alpha value is -2.37. The van der Waals surface area contributed by atoms with Gasteiger partial charge in [-0.2, -0.15) is 0 Å². The Bertz CT molecular complexity index is 695. The third kappa shape index (κ3) is 4.62. The van der Waals surface area contributed by atoms with Gasteiger partial charge in [-0.15, -0.1) is 0 Å². The first-order valence-electron chi connectivity index (χ1n) is 9.17. The molecule has 0 spiro atoms. The zero-order chi connectivity index (χ0) is 18.4. The highest BCUT2D eigenvalue weighted by Crippen LogP contribution is 2.28. The number of carbonyl (C=O) groups is 1. The molecule has 1 unspecified atom stereocenters. The molecule has 0 radical (unpaired) electrons. The maximum absolute atomic E-state index is 12.1. The van der Waals surface area contributed by atoms with Crippen LogP contribution in [0.4, 0.5) is 0 Å². The molecule has 1 fully saturated rings. The molecule has 4 N–H and O–H groups in total. The second-order valence-electron chi connectivity index (χ2n) is 6.86. The summed E-state index contributed by atoms with van der Waals surface area (Å²) >= 11 is 0. The van der Waals surface area contributed by atoms with E-state index in [4.69, 9.17) is 16.2 Å². The van der Waals surface area contributed by atoms with Crippen LogP contribution in [0, 0.1) is 5.92 Å². The van der Waals surface area contributed by atoms with E-state index in [-0.39, 0.29) is 5.91 Å². The summed E-state index contributed by atoms with van der Waals surface area (Å²) in [4.78, 5) is 14.2. The SMILES string of the molecule is NCC1CCN(C(C(N)=O)c2ccc(OCc3ccccc3)cc2)CC1. The van der Waals surface area contributed by atoms with Crippen molar-refractivity contribution in [2.75, 3.05) is 19.6 Å². The van der Waals surface area contributed by atoms with E-state index in [1.807, 2.05) is 54.6 Å². The molecule has 5 nitrogen and oxygen atoms in total. The Balaban J connectivity index is 1.64. The number of carbonyl (C=O) groups excluding carboxylic acids is 1. The van der Waals surface area contributed by atoms with E-state index in [2.05, 4.69) is 4.90 Å². The average molecular weight is 353 g/mol. The van der Waals surface area contributed by atoms with Gasteiger partial charge in [0.2, 0.25) is 5.91 Å². The lowest BCUT2D eigenvalue weighted by atomic mass is 9.94. The molecule has 0 bridgehead atoms. The van der Waals surface area contributed by atoms with Gasteiger partial charge in [-0.3, -0.25) is 9.69 Å². The monoisotopic (exact) mass is 353 g/mol. The molecule has 0 saturated carbocycles. The second kappa shape index (κ2) is 8.83. The standard InChI is InChI=1S/C21H27N3O2/c22-14-16-10-12-24(13-11-16)20(21(23)25)18-6-8-19(9-7-18)26-15-17-4-2-1-3-5-17/h1-9,16,20H,10-15,22H2,(H2,23,25). The molecule has 1 amide bonds. The van der Waals surface area contributed by atoms with Gasteiger partial charge in [-0.05, 0) is 61.7 Å². The van der Waals surface area contributed by atoms with Crippen LogP contribution < -0.4 is 16.2 Å². The van der Waals surface area contributed by atoms with Crippen molar-refractivity contribution < 1.29 is 9.53 Å². The highest BCUT2D eigenvalue weighted by atomic mass is 16.5. The highest BCUT2D eigenvalue weighted by Gasteiger charge is 2.29. The Morgan fingerprint density at radius 2 is 1.73 bits per heavy atom. The van der Waals surface area contributed by atoms with Crippen molar-refractivity contribution in [2.24, 2.45) is 17.4 Å². The fraction of sp³-hybridized carbons (Fsp3) is 0.381. The molecule has 1 heterocycles. The maximum Gasteiger partial charge on any atom is 0.239 e. The predicted octanol–water partition coefficient (Wildman–Crippen LogP) is 2.46. The molecule has 2 aromatic carbocycles. The highest BCUT2D eigenvalue weighted by molar-refractivity contribution is 5.81. The molecule has 0 aliphatic carbocycles. The van der Waals surface area contributed by atoms with Crippen LogP contribution in [0.25, 0.3) is 0 Å². The van der Waals surface area contributed by atoms with Crippen molar-refractivity contribution in [2.45, 2.75) is 25.5 Å². The van der Waals surface area contributed by atoms with Crippen LogP contribution in [-0.4, -0.2) is 30.4 Å². The summed E-state index contributed by atoms with van der Waals surface area (Å²) in [5.41, 5.74) is 13.5. The third-order valence-electron chi connectivity index (χ3n) is 5.06. The van der Waals surface area contributed by atoms with Gasteiger partial charge in [0.05, 0.1) is 0 Å². The van der Waals surface area contributed by atoms with Gasteiger partial charge in [-0.1, -0.05) is 42.5 Å². The van der Waals surface area contributed by atoms with E-state index in [1.54, 1.807) is 0 Å². The van der Waals surface area contributed by atoms with Crippen LogP contribution in [0.1, 0.15) is 30.0 Å². The first-order valence-corrected chi connectivity index (χ1v) is 9.17. The van der Waals surface area contributed by atoms with Gasteiger partial charge in [0.15, 0.2) is 0 Å². The molecule has 0 aromatic heterocycles. The minimum absolute atomic E-state index is 0.311. The molecule has 26 heavy (non-hydrogen) atoms. The van der Waals surface area contributed by atoms with Gasteiger partial charge in [-0.25, -0.2) is 0 Å². The van der Waals surface area contributed by atoms with Crippen molar-refractivity contribution >= 4 is 5.91 Å². The van der Waals surface area contributed by atoms with E-state index in [0.29, 0.717) is 19.1 Å². The number of benzene rings is 2. The van der Waals surface area contributed by atoms with Crippen molar-refractivity contribution in [1.29, 1.82) is 0 Å². The summed E-state index contributed by atoms with van der Waals surface area (Å²) < 4.78 is 5.82. The van der Waals surface area contributed by atoms with E-state index in [0.717, 1.165) is 42.8 Å². The lowest BCUT2D eigenvalue weighted by Crippen LogP contribution is -2.43. The number of nitrogens with two attached hydrogens (primary N) is 2. The predicted molar refractivity (Wildman–Crippen MR) is 103 cm³/mol. The Morgan fingerprint density at radius 1 is 1.08 bits per heavy atom. The van der Waals surface area contributed by atoms with Crippen LogP contribution in [0.15, 0.2) is 54.6 Å². The molecule has 1 aliphatic rings. The van der Waals surface area contributed by atoms with Crippen molar-refractivity contribution in [1.82, 2.24) is 4.90 Å². The number of primary amides is 1.